The number of nitrogens with one attached hydrogen (secondary N) is 1. The number of rotatable bonds is 6. The molecule has 0 radical (unpaired) electrons. The summed E-state index contributed by atoms with van der Waals surface area (Å²) in [6.45, 7) is 1.39. The molecule has 0 bridgehead atoms. The Labute approximate surface area is 148 Å². The number of amides is 1. The highest BCUT2D eigenvalue weighted by molar-refractivity contribution is 9.10. The molecule has 0 unspecified atom stereocenters. The molecular formula is C18H18BrNO4. The molecule has 0 aliphatic carbocycles. The predicted octanol–water partition coefficient (Wildman–Crippen LogP) is 2.90. The Bertz CT molecular complexity index is 688. The van der Waals surface area contributed by atoms with Crippen molar-refractivity contribution in [3.63, 3.8) is 0 Å². The molecule has 0 aliphatic rings. The van der Waals surface area contributed by atoms with Crippen LogP contribution < -0.4 is 5.32 Å². The van der Waals surface area contributed by atoms with Crippen molar-refractivity contribution in [3.05, 3.63) is 70.2 Å². The molecule has 24 heavy (non-hydrogen) atoms. The number of carbonyl (C=O) groups excluding carboxylic acids is 2. The maximum Gasteiger partial charge on any atom is 0.340 e. The highest BCUT2D eigenvalue weighted by Crippen LogP contribution is 2.17. The van der Waals surface area contributed by atoms with Gasteiger partial charge >= 0.3 is 5.97 Å². The van der Waals surface area contributed by atoms with Gasteiger partial charge in [0.1, 0.15) is 0 Å². The summed E-state index contributed by atoms with van der Waals surface area (Å²) < 4.78 is 5.82. The Morgan fingerprint density at radius 3 is 2.33 bits per heavy atom. The van der Waals surface area contributed by atoms with E-state index in [0.29, 0.717) is 5.56 Å². The van der Waals surface area contributed by atoms with Crippen LogP contribution in [0.2, 0.25) is 0 Å². The standard InChI is InChI=1S/C18H18BrNO4/c1-12(13-7-9-15(19)10-8-13)20-16(21)11-24-18(23)17(22)14-5-3-2-4-6-14/h2-10,12,17,22H,11H2,1H3,(H,20,21)/t12-,17+/m1/s1. The van der Waals surface area contributed by atoms with E-state index in [9.17, 15) is 14.7 Å². The second kappa shape index (κ2) is 8.61. The fourth-order valence-electron chi connectivity index (χ4n) is 2.10. The molecule has 0 spiro atoms. The second-order valence-electron chi connectivity index (χ2n) is 5.26. The van der Waals surface area contributed by atoms with E-state index in [1.807, 2.05) is 31.2 Å². The molecule has 0 aromatic heterocycles. The molecular weight excluding hydrogens is 374 g/mol. The molecule has 2 atom stereocenters. The van der Waals surface area contributed by atoms with E-state index in [4.69, 9.17) is 4.74 Å². The zero-order valence-corrected chi connectivity index (χ0v) is 14.7. The topological polar surface area (TPSA) is 75.6 Å². The SMILES string of the molecule is C[C@@H](NC(=O)COC(=O)[C@@H](O)c1ccccc1)c1ccc(Br)cc1. The van der Waals surface area contributed by atoms with Crippen molar-refractivity contribution in [1.82, 2.24) is 5.32 Å². The first-order valence-corrected chi connectivity index (χ1v) is 8.21. The molecule has 1 amide bonds. The smallest absolute Gasteiger partial charge is 0.340 e. The molecule has 5 nitrogen and oxygen atoms in total. The molecule has 0 saturated heterocycles. The third-order valence-corrected chi connectivity index (χ3v) is 3.96. The van der Waals surface area contributed by atoms with Crippen LogP contribution in [0, 0.1) is 0 Å². The number of hydrogen-bond donors (Lipinski definition) is 2. The number of carbonyl (C=O) groups is 2. The van der Waals surface area contributed by atoms with Crippen LogP contribution in [-0.2, 0) is 14.3 Å². The average Bonchev–Trinajstić information content (AvgIpc) is 2.60. The molecule has 2 rings (SSSR count). The van der Waals surface area contributed by atoms with E-state index >= 15 is 0 Å². The number of esters is 1. The lowest BCUT2D eigenvalue weighted by Gasteiger charge is -2.15. The highest BCUT2D eigenvalue weighted by Gasteiger charge is 2.20. The lowest BCUT2D eigenvalue weighted by molar-refractivity contribution is -0.157. The second-order valence-corrected chi connectivity index (χ2v) is 6.18. The van der Waals surface area contributed by atoms with Gasteiger partial charge in [-0.25, -0.2) is 4.79 Å². The average molecular weight is 392 g/mol. The molecule has 0 saturated carbocycles. The van der Waals surface area contributed by atoms with Crippen LogP contribution in [0.1, 0.15) is 30.2 Å². The van der Waals surface area contributed by atoms with Gasteiger partial charge in [0.2, 0.25) is 0 Å². The van der Waals surface area contributed by atoms with Crippen LogP contribution in [0.15, 0.2) is 59.1 Å². The van der Waals surface area contributed by atoms with Crippen LogP contribution in [0.4, 0.5) is 0 Å². The fraction of sp³-hybridized carbons (Fsp3) is 0.222. The van der Waals surface area contributed by atoms with Gasteiger partial charge in [0.15, 0.2) is 12.7 Å². The predicted molar refractivity (Wildman–Crippen MR) is 93.1 cm³/mol. The van der Waals surface area contributed by atoms with Crippen molar-refractivity contribution in [2.75, 3.05) is 6.61 Å². The number of halogens is 1. The summed E-state index contributed by atoms with van der Waals surface area (Å²) in [6, 6.07) is 15.7. The quantitative estimate of drug-likeness (QED) is 0.742. The van der Waals surface area contributed by atoms with Crippen molar-refractivity contribution in [3.8, 4) is 0 Å². The van der Waals surface area contributed by atoms with Gasteiger partial charge < -0.3 is 15.2 Å². The third-order valence-electron chi connectivity index (χ3n) is 3.43. The minimum absolute atomic E-state index is 0.219. The van der Waals surface area contributed by atoms with Gasteiger partial charge in [-0.3, -0.25) is 4.79 Å². The monoisotopic (exact) mass is 391 g/mol. The molecule has 0 aliphatic heterocycles. The summed E-state index contributed by atoms with van der Waals surface area (Å²) in [5, 5.41) is 12.6. The van der Waals surface area contributed by atoms with E-state index in [2.05, 4.69) is 21.2 Å². The largest absolute Gasteiger partial charge is 0.453 e. The molecule has 2 N–H and O–H groups in total. The number of aliphatic hydroxyl groups is 1. The Kier molecular flexibility index (Phi) is 6.52. The zero-order valence-electron chi connectivity index (χ0n) is 13.1. The van der Waals surface area contributed by atoms with Crippen LogP contribution in [0.5, 0.6) is 0 Å². The summed E-state index contributed by atoms with van der Waals surface area (Å²) >= 11 is 3.35. The first kappa shape index (κ1) is 18.2. The first-order chi connectivity index (χ1) is 11.5. The number of aliphatic hydroxyl groups excluding tert-OH is 1. The van der Waals surface area contributed by atoms with Crippen molar-refractivity contribution < 1.29 is 19.4 Å². The summed E-state index contributed by atoms with van der Waals surface area (Å²) in [4.78, 5) is 23.7. The molecule has 0 fully saturated rings. The summed E-state index contributed by atoms with van der Waals surface area (Å²) in [7, 11) is 0. The summed E-state index contributed by atoms with van der Waals surface area (Å²) in [6.07, 6.45) is -1.40. The van der Waals surface area contributed by atoms with Crippen molar-refractivity contribution in [2.45, 2.75) is 19.1 Å². The van der Waals surface area contributed by atoms with E-state index in [-0.39, 0.29) is 6.04 Å². The van der Waals surface area contributed by atoms with Gasteiger partial charge in [0, 0.05) is 4.47 Å². The van der Waals surface area contributed by atoms with E-state index in [0.717, 1.165) is 10.0 Å². The Hall–Kier alpha value is -2.18. The van der Waals surface area contributed by atoms with E-state index in [1.165, 1.54) is 0 Å². The van der Waals surface area contributed by atoms with E-state index < -0.39 is 24.6 Å². The van der Waals surface area contributed by atoms with Crippen molar-refractivity contribution >= 4 is 27.8 Å². The first-order valence-electron chi connectivity index (χ1n) is 7.42. The van der Waals surface area contributed by atoms with Crippen molar-refractivity contribution in [1.29, 1.82) is 0 Å². The number of ether oxygens (including phenoxy) is 1. The highest BCUT2D eigenvalue weighted by atomic mass is 79.9. The molecule has 2 aromatic rings. The normalized spacial score (nSPS) is 13.0. The van der Waals surface area contributed by atoms with Gasteiger partial charge in [0.05, 0.1) is 6.04 Å². The fourth-order valence-corrected chi connectivity index (χ4v) is 2.37. The van der Waals surface area contributed by atoms with E-state index in [1.54, 1.807) is 30.3 Å². The van der Waals surface area contributed by atoms with Crippen LogP contribution >= 0.6 is 15.9 Å². The molecule has 6 heteroatoms. The van der Waals surface area contributed by atoms with Gasteiger partial charge in [0.25, 0.3) is 5.91 Å². The Balaban J connectivity index is 1.82. The van der Waals surface area contributed by atoms with Gasteiger partial charge in [-0.05, 0) is 30.2 Å². The number of benzene rings is 2. The van der Waals surface area contributed by atoms with Crippen LogP contribution in [0.25, 0.3) is 0 Å². The minimum Gasteiger partial charge on any atom is -0.453 e. The zero-order chi connectivity index (χ0) is 17.5. The summed E-state index contributed by atoms with van der Waals surface area (Å²) in [5.74, 6) is -1.29. The third kappa shape index (κ3) is 5.18. The van der Waals surface area contributed by atoms with Gasteiger partial charge in [-0.1, -0.05) is 58.4 Å². The molecule has 0 heterocycles. The molecule has 126 valence electrons. The maximum absolute atomic E-state index is 11.9. The van der Waals surface area contributed by atoms with Crippen LogP contribution in [-0.4, -0.2) is 23.6 Å². The maximum atomic E-state index is 11.9. The number of hydrogen-bond acceptors (Lipinski definition) is 4. The Morgan fingerprint density at radius 2 is 1.71 bits per heavy atom. The van der Waals surface area contributed by atoms with Gasteiger partial charge in [-0.15, -0.1) is 0 Å². The minimum atomic E-state index is -1.40. The van der Waals surface area contributed by atoms with Crippen molar-refractivity contribution in [2.24, 2.45) is 0 Å². The lowest BCUT2D eigenvalue weighted by atomic mass is 10.1. The Morgan fingerprint density at radius 1 is 1.08 bits per heavy atom. The van der Waals surface area contributed by atoms with Crippen LogP contribution in [0.3, 0.4) is 0 Å². The summed E-state index contributed by atoms with van der Waals surface area (Å²) in [5.41, 5.74) is 1.35. The molecule has 2 aromatic carbocycles. The lowest BCUT2D eigenvalue weighted by Crippen LogP contribution is -2.32. The van der Waals surface area contributed by atoms with Gasteiger partial charge in [-0.2, -0.15) is 0 Å².